The third-order valence-corrected chi connectivity index (χ3v) is 7.19. The predicted molar refractivity (Wildman–Crippen MR) is 134 cm³/mol. The van der Waals surface area contributed by atoms with Crippen LogP contribution in [0, 0.1) is 14.8 Å². The summed E-state index contributed by atoms with van der Waals surface area (Å²) < 4.78 is 15.4. The fourth-order valence-electron chi connectivity index (χ4n) is 3.76. The maximum atomic E-state index is 14.6. The molecule has 0 bridgehead atoms. The molecule has 32 heavy (non-hydrogen) atoms. The van der Waals surface area contributed by atoms with Crippen molar-refractivity contribution in [3.8, 4) is 0 Å². The minimum atomic E-state index is -0.553. The highest BCUT2D eigenvalue weighted by molar-refractivity contribution is 14.1. The van der Waals surface area contributed by atoms with Crippen LogP contribution in [0.5, 0.6) is 0 Å². The Balaban J connectivity index is 2.19. The molecule has 6 nitrogen and oxygen atoms in total. The highest BCUT2D eigenvalue weighted by atomic mass is 127. The molecule has 0 atom stereocenters. The van der Waals surface area contributed by atoms with E-state index in [0.29, 0.717) is 34.0 Å². The van der Waals surface area contributed by atoms with Gasteiger partial charge in [0.15, 0.2) is 0 Å². The van der Waals surface area contributed by atoms with Crippen LogP contribution in [-0.4, -0.2) is 47.1 Å². The molecule has 1 aliphatic rings. The Hall–Kier alpha value is -1.72. The number of nitrogens with one attached hydrogen (secondary N) is 2. The first kappa shape index (κ1) is 24.9. The number of aliphatic hydroxyl groups excluding tert-OH is 1. The number of carbonyl (C=O) groups is 2. The van der Waals surface area contributed by atoms with Crippen molar-refractivity contribution in [2.75, 3.05) is 25.0 Å². The number of aliphatic hydroxyl groups is 1. The van der Waals surface area contributed by atoms with Crippen molar-refractivity contribution >= 4 is 56.4 Å². The lowest BCUT2D eigenvalue weighted by Gasteiger charge is -2.36. The minimum absolute atomic E-state index is 0.153. The Morgan fingerprint density at radius 2 is 2.06 bits per heavy atom. The van der Waals surface area contributed by atoms with E-state index in [1.54, 1.807) is 17.0 Å². The highest BCUT2D eigenvalue weighted by Gasteiger charge is 2.37. The smallest absolute Gasteiger partial charge is 0.261 e. The average molecular weight is 573 g/mol. The number of thiophene rings is 1. The lowest BCUT2D eigenvalue weighted by atomic mass is 9.85. The van der Waals surface area contributed by atoms with Gasteiger partial charge in [-0.2, -0.15) is 0 Å². The van der Waals surface area contributed by atoms with Gasteiger partial charge in [0.2, 0.25) is 0 Å². The number of amides is 2. The Labute approximate surface area is 205 Å². The quantitative estimate of drug-likeness (QED) is 0.450. The standard InChI is InChI=1S/C23H29FIN3O3S/c1-22(2,3)28(8-9-29)21(31)17-14-11-23(4,5)12-26-19(30)18(14)32-20(17)27-16-7-6-13(25)10-15(16)24/h6-7,10,27,29H,8-9,11-12H2,1-5H3,(H,26,30). The topological polar surface area (TPSA) is 81.7 Å². The zero-order chi connectivity index (χ0) is 23.8. The van der Waals surface area contributed by atoms with Gasteiger partial charge in [-0.1, -0.05) is 13.8 Å². The molecule has 2 amide bonds. The number of hydrogen-bond donors (Lipinski definition) is 3. The maximum absolute atomic E-state index is 14.6. The molecule has 3 N–H and O–H groups in total. The van der Waals surface area contributed by atoms with E-state index in [1.165, 1.54) is 6.07 Å². The van der Waals surface area contributed by atoms with Crippen molar-refractivity contribution < 1.29 is 19.1 Å². The number of nitrogens with zero attached hydrogens (tertiary/aromatic N) is 1. The van der Waals surface area contributed by atoms with Gasteiger partial charge in [0.05, 0.1) is 22.7 Å². The van der Waals surface area contributed by atoms with Gasteiger partial charge in [-0.05, 0) is 79.0 Å². The van der Waals surface area contributed by atoms with Gasteiger partial charge in [0.1, 0.15) is 10.8 Å². The first-order valence-electron chi connectivity index (χ1n) is 10.4. The number of rotatable bonds is 5. The Bertz CT molecular complexity index is 1050. The van der Waals surface area contributed by atoms with E-state index in [9.17, 15) is 19.1 Å². The molecule has 2 aromatic rings. The monoisotopic (exact) mass is 573 g/mol. The SMILES string of the molecule is CC1(C)CNC(=O)c2sc(Nc3ccc(I)cc3F)c(C(=O)N(CCO)C(C)(C)C)c2C1. The third kappa shape index (κ3) is 5.26. The number of anilines is 2. The fraction of sp³-hybridized carbons (Fsp3) is 0.478. The lowest BCUT2D eigenvalue weighted by molar-refractivity contribution is 0.0527. The molecule has 0 saturated carbocycles. The summed E-state index contributed by atoms with van der Waals surface area (Å²) in [4.78, 5) is 28.8. The Morgan fingerprint density at radius 3 is 2.66 bits per heavy atom. The van der Waals surface area contributed by atoms with Crippen LogP contribution in [0.2, 0.25) is 0 Å². The first-order valence-corrected chi connectivity index (χ1v) is 12.3. The molecule has 0 spiro atoms. The van der Waals surface area contributed by atoms with E-state index >= 15 is 0 Å². The molecule has 0 radical (unpaired) electrons. The molecule has 1 aromatic carbocycles. The summed E-state index contributed by atoms with van der Waals surface area (Å²) >= 11 is 3.20. The van der Waals surface area contributed by atoms with Gasteiger partial charge < -0.3 is 20.6 Å². The molecule has 1 aliphatic heterocycles. The van der Waals surface area contributed by atoms with Gasteiger partial charge in [-0.3, -0.25) is 9.59 Å². The van der Waals surface area contributed by atoms with E-state index in [2.05, 4.69) is 10.6 Å². The summed E-state index contributed by atoms with van der Waals surface area (Å²) in [5.74, 6) is -0.958. The zero-order valence-electron chi connectivity index (χ0n) is 18.9. The average Bonchev–Trinajstić information content (AvgIpc) is 2.97. The van der Waals surface area contributed by atoms with Crippen LogP contribution in [0.1, 0.15) is 60.2 Å². The van der Waals surface area contributed by atoms with Gasteiger partial charge in [0, 0.05) is 22.2 Å². The highest BCUT2D eigenvalue weighted by Crippen LogP contribution is 2.41. The molecule has 0 saturated heterocycles. The second-order valence-corrected chi connectivity index (χ2v) is 12.0. The zero-order valence-corrected chi connectivity index (χ0v) is 21.9. The molecule has 0 aliphatic carbocycles. The third-order valence-electron chi connectivity index (χ3n) is 5.37. The lowest BCUT2D eigenvalue weighted by Crippen LogP contribution is -2.47. The summed E-state index contributed by atoms with van der Waals surface area (Å²) in [7, 11) is 0. The van der Waals surface area contributed by atoms with Crippen molar-refractivity contribution in [1.29, 1.82) is 0 Å². The molecule has 9 heteroatoms. The van der Waals surface area contributed by atoms with Crippen LogP contribution in [-0.2, 0) is 6.42 Å². The number of β-amino-alcohol motifs (C(OH)–C–C–N with tert-alkyl or cyclic N) is 1. The number of benzene rings is 1. The second kappa shape index (κ2) is 9.26. The van der Waals surface area contributed by atoms with Crippen LogP contribution >= 0.6 is 33.9 Å². The molecule has 0 fully saturated rings. The normalized spacial score (nSPS) is 15.6. The van der Waals surface area contributed by atoms with Crippen LogP contribution < -0.4 is 10.6 Å². The van der Waals surface area contributed by atoms with Gasteiger partial charge in [-0.15, -0.1) is 11.3 Å². The minimum Gasteiger partial charge on any atom is -0.395 e. The number of halogens is 2. The van der Waals surface area contributed by atoms with Crippen molar-refractivity contribution in [3.63, 3.8) is 0 Å². The fourth-order valence-corrected chi connectivity index (χ4v) is 5.36. The van der Waals surface area contributed by atoms with Crippen LogP contribution in [0.25, 0.3) is 0 Å². The first-order chi connectivity index (χ1) is 14.8. The van der Waals surface area contributed by atoms with Gasteiger partial charge in [0.25, 0.3) is 11.8 Å². The molecule has 2 heterocycles. The number of hydrogen-bond acceptors (Lipinski definition) is 5. The molecule has 174 valence electrons. The Kier molecular flexibility index (Phi) is 7.21. The van der Waals surface area contributed by atoms with Gasteiger partial charge >= 0.3 is 0 Å². The summed E-state index contributed by atoms with van der Waals surface area (Å²) in [5.41, 5.74) is 0.464. The van der Waals surface area contributed by atoms with Crippen molar-refractivity contribution in [2.45, 2.75) is 46.6 Å². The molecular formula is C23H29FIN3O3S. The van der Waals surface area contributed by atoms with Crippen molar-refractivity contribution in [3.05, 3.63) is 43.6 Å². The Morgan fingerprint density at radius 1 is 1.38 bits per heavy atom. The van der Waals surface area contributed by atoms with E-state index in [-0.39, 0.29) is 36.1 Å². The van der Waals surface area contributed by atoms with Crippen LogP contribution in [0.3, 0.4) is 0 Å². The van der Waals surface area contributed by atoms with Crippen molar-refractivity contribution in [2.24, 2.45) is 5.41 Å². The molecule has 0 unspecified atom stereocenters. The van der Waals surface area contributed by atoms with Crippen LogP contribution in [0.4, 0.5) is 15.1 Å². The molecule has 3 rings (SSSR count). The second-order valence-electron chi connectivity index (χ2n) is 9.74. The van der Waals surface area contributed by atoms with Gasteiger partial charge in [-0.25, -0.2) is 4.39 Å². The molecule has 1 aromatic heterocycles. The predicted octanol–water partition coefficient (Wildman–Crippen LogP) is 4.78. The van der Waals surface area contributed by atoms with E-state index in [4.69, 9.17) is 0 Å². The van der Waals surface area contributed by atoms with Crippen molar-refractivity contribution in [1.82, 2.24) is 10.2 Å². The maximum Gasteiger partial charge on any atom is 0.261 e. The van der Waals surface area contributed by atoms with E-state index < -0.39 is 11.4 Å². The summed E-state index contributed by atoms with van der Waals surface area (Å²) in [6.07, 6.45) is 0.520. The van der Waals surface area contributed by atoms with E-state index in [1.807, 2.05) is 57.2 Å². The summed E-state index contributed by atoms with van der Waals surface area (Å²) in [5, 5.41) is 16.0. The summed E-state index contributed by atoms with van der Waals surface area (Å²) in [6, 6.07) is 4.80. The van der Waals surface area contributed by atoms with Crippen LogP contribution in [0.15, 0.2) is 18.2 Å². The van der Waals surface area contributed by atoms with E-state index in [0.717, 1.165) is 14.9 Å². The number of carbonyl (C=O) groups excluding carboxylic acids is 2. The molecular weight excluding hydrogens is 544 g/mol. The largest absolute Gasteiger partial charge is 0.395 e. The number of fused-ring (bicyclic) bond motifs is 1. The summed E-state index contributed by atoms with van der Waals surface area (Å²) in [6.45, 7) is 10.2.